The Morgan fingerprint density at radius 3 is 2.45 bits per heavy atom. The highest BCUT2D eigenvalue weighted by atomic mass is 32.1. The number of ether oxygens (including phenoxy) is 1. The van der Waals surface area contributed by atoms with Crippen molar-refractivity contribution in [1.29, 1.82) is 0 Å². The number of hydrogen-bond acceptors (Lipinski definition) is 7. The highest BCUT2D eigenvalue weighted by Crippen LogP contribution is 2.40. The van der Waals surface area contributed by atoms with Crippen molar-refractivity contribution >= 4 is 34.2 Å². The summed E-state index contributed by atoms with van der Waals surface area (Å²) in [7, 11) is 1.24. The van der Waals surface area contributed by atoms with E-state index >= 15 is 0 Å². The molecule has 0 spiro atoms. The Morgan fingerprint density at radius 1 is 1.21 bits per heavy atom. The van der Waals surface area contributed by atoms with Crippen molar-refractivity contribution in [2.24, 2.45) is 5.73 Å². The Labute approximate surface area is 192 Å². The van der Waals surface area contributed by atoms with Crippen molar-refractivity contribution < 1.29 is 28.2 Å². The number of aliphatic hydroxyl groups is 1. The summed E-state index contributed by atoms with van der Waals surface area (Å²) in [6.45, 7) is 2.94. The molecule has 0 aliphatic heterocycles. The fraction of sp³-hybridized carbons (Fsp3) is 0.227. The molecule has 2 amide bonds. The topological polar surface area (TPSA) is 127 Å². The number of primary amides is 1. The van der Waals surface area contributed by atoms with Gasteiger partial charge in [-0.1, -0.05) is 6.07 Å². The summed E-state index contributed by atoms with van der Waals surface area (Å²) < 4.78 is 34.1. The maximum Gasteiger partial charge on any atom is 0.407 e. The first-order valence-corrected chi connectivity index (χ1v) is 10.5. The van der Waals surface area contributed by atoms with Crippen LogP contribution in [-0.2, 0) is 16.9 Å². The van der Waals surface area contributed by atoms with Gasteiger partial charge in [0.1, 0.15) is 22.5 Å². The first-order valence-electron chi connectivity index (χ1n) is 9.70. The monoisotopic (exact) mass is 476 g/mol. The quantitative estimate of drug-likeness (QED) is 0.408. The van der Waals surface area contributed by atoms with E-state index in [9.17, 15) is 23.5 Å². The lowest BCUT2D eigenvalue weighted by Crippen LogP contribution is -2.22. The predicted molar refractivity (Wildman–Crippen MR) is 120 cm³/mol. The van der Waals surface area contributed by atoms with E-state index in [4.69, 9.17) is 5.73 Å². The molecule has 5 N–H and O–H groups in total. The number of methoxy groups -OCH3 is 1. The van der Waals surface area contributed by atoms with E-state index in [1.807, 2.05) is 0 Å². The summed E-state index contributed by atoms with van der Waals surface area (Å²) in [5.74, 6) is -2.24. The summed E-state index contributed by atoms with van der Waals surface area (Å²) >= 11 is 0.921. The molecule has 0 fully saturated rings. The molecule has 1 aromatic carbocycles. The van der Waals surface area contributed by atoms with Crippen LogP contribution in [0.1, 0.15) is 35.5 Å². The Hall–Kier alpha value is -3.57. The van der Waals surface area contributed by atoms with E-state index < -0.39 is 29.2 Å². The maximum atomic E-state index is 14.8. The number of anilines is 2. The summed E-state index contributed by atoms with van der Waals surface area (Å²) in [4.78, 5) is 27.7. The number of nitrogens with one attached hydrogen (secondary N) is 2. The fourth-order valence-electron chi connectivity index (χ4n) is 2.95. The molecule has 0 unspecified atom stereocenters. The minimum atomic E-state index is -1.43. The van der Waals surface area contributed by atoms with E-state index in [-0.39, 0.29) is 33.1 Å². The molecule has 8 nitrogen and oxygen atoms in total. The van der Waals surface area contributed by atoms with Gasteiger partial charge in [0.15, 0.2) is 0 Å². The average molecular weight is 477 g/mol. The number of nitrogens with zero attached hydrogens (tertiary/aromatic N) is 1. The molecule has 0 radical (unpaired) electrons. The van der Waals surface area contributed by atoms with Crippen LogP contribution in [0.5, 0.6) is 0 Å². The minimum Gasteiger partial charge on any atom is -0.453 e. The molecule has 0 aliphatic rings. The van der Waals surface area contributed by atoms with Crippen LogP contribution in [0.3, 0.4) is 0 Å². The number of alkyl carbamates (subject to hydrolysis) is 1. The maximum absolute atomic E-state index is 14.8. The smallest absolute Gasteiger partial charge is 0.407 e. The number of halogens is 2. The van der Waals surface area contributed by atoms with Gasteiger partial charge in [-0.25, -0.2) is 18.6 Å². The minimum absolute atomic E-state index is 0.0280. The summed E-state index contributed by atoms with van der Waals surface area (Å²) in [5, 5.41) is 15.7. The van der Waals surface area contributed by atoms with Crippen molar-refractivity contribution in [1.82, 2.24) is 10.3 Å². The fourth-order valence-corrected chi connectivity index (χ4v) is 4.07. The molecule has 2 aromatic heterocycles. The van der Waals surface area contributed by atoms with Crippen LogP contribution in [0.2, 0.25) is 0 Å². The van der Waals surface area contributed by atoms with Gasteiger partial charge >= 0.3 is 6.09 Å². The number of carbonyl (C=O) groups excluding carboxylic acids is 2. The molecular formula is C22H22F2N4O4S. The van der Waals surface area contributed by atoms with Crippen LogP contribution < -0.4 is 16.4 Å². The molecular weight excluding hydrogens is 454 g/mol. The lowest BCUT2D eigenvalue weighted by atomic mass is 9.96. The number of nitrogens with two attached hydrogens (primary N) is 1. The second-order valence-electron chi connectivity index (χ2n) is 7.58. The number of rotatable bonds is 7. The zero-order valence-electron chi connectivity index (χ0n) is 18.0. The molecule has 3 aromatic rings. The van der Waals surface area contributed by atoms with Crippen LogP contribution in [0.15, 0.2) is 36.4 Å². The predicted octanol–water partition coefficient (Wildman–Crippen LogP) is 4.01. The standard InChI is InChI=1S/C22H22F2N4O4S/c1-22(2,31)11-7-14(23)18(15(24)8-11)16-9-13(19(25)29)20(33-16)28-17-6-4-5-12(27-17)10-26-21(30)32-3/h4-9,31H,10H2,1-3H3,(H2,25,29)(H,26,30)(H,27,28). The number of hydrogen-bond donors (Lipinski definition) is 4. The zero-order valence-corrected chi connectivity index (χ0v) is 18.8. The molecule has 0 aliphatic carbocycles. The van der Waals surface area contributed by atoms with Gasteiger partial charge in [-0.15, -0.1) is 11.3 Å². The molecule has 2 heterocycles. The normalized spacial score (nSPS) is 11.2. The van der Waals surface area contributed by atoms with Crippen LogP contribution >= 0.6 is 11.3 Å². The first-order chi connectivity index (χ1) is 15.5. The van der Waals surface area contributed by atoms with Gasteiger partial charge in [0.25, 0.3) is 5.91 Å². The molecule has 3 rings (SSSR count). The second-order valence-corrected chi connectivity index (χ2v) is 8.63. The van der Waals surface area contributed by atoms with Crippen LogP contribution in [0.4, 0.5) is 24.4 Å². The molecule has 0 saturated carbocycles. The third-order valence-corrected chi connectivity index (χ3v) is 5.71. The van der Waals surface area contributed by atoms with Crippen molar-refractivity contribution in [3.63, 3.8) is 0 Å². The third kappa shape index (κ3) is 5.62. The average Bonchev–Trinajstić information content (AvgIpc) is 3.14. The van der Waals surface area contributed by atoms with Gasteiger partial charge in [-0.2, -0.15) is 0 Å². The number of benzene rings is 1. The number of carbonyl (C=O) groups is 2. The molecule has 0 bridgehead atoms. The van der Waals surface area contributed by atoms with E-state index in [1.165, 1.54) is 27.0 Å². The number of pyridine rings is 1. The van der Waals surface area contributed by atoms with Gasteiger partial charge < -0.3 is 26.2 Å². The number of aromatic nitrogens is 1. The molecule has 11 heteroatoms. The number of thiophene rings is 1. The Bertz CT molecular complexity index is 1180. The van der Waals surface area contributed by atoms with Crippen molar-refractivity contribution in [3.8, 4) is 10.4 Å². The highest BCUT2D eigenvalue weighted by molar-refractivity contribution is 7.20. The first kappa shape index (κ1) is 24.1. The molecule has 0 saturated heterocycles. The van der Waals surface area contributed by atoms with Crippen molar-refractivity contribution in [2.75, 3.05) is 12.4 Å². The van der Waals surface area contributed by atoms with Gasteiger partial charge in [0, 0.05) is 4.88 Å². The lowest BCUT2D eigenvalue weighted by molar-refractivity contribution is 0.0778. The van der Waals surface area contributed by atoms with E-state index in [0.717, 1.165) is 23.5 Å². The molecule has 174 valence electrons. The third-order valence-electron chi connectivity index (χ3n) is 4.64. The van der Waals surface area contributed by atoms with Gasteiger partial charge in [-0.3, -0.25) is 4.79 Å². The van der Waals surface area contributed by atoms with Crippen LogP contribution in [0, 0.1) is 11.6 Å². The molecule has 33 heavy (non-hydrogen) atoms. The lowest BCUT2D eigenvalue weighted by Gasteiger charge is -2.18. The van der Waals surface area contributed by atoms with Crippen LogP contribution in [-0.4, -0.2) is 29.2 Å². The van der Waals surface area contributed by atoms with Crippen molar-refractivity contribution in [3.05, 3.63) is 64.9 Å². The summed E-state index contributed by atoms with van der Waals surface area (Å²) in [5.41, 5.74) is 4.30. The van der Waals surface area contributed by atoms with E-state index in [2.05, 4.69) is 20.4 Å². The summed E-state index contributed by atoms with van der Waals surface area (Å²) in [6.07, 6.45) is -0.617. The van der Waals surface area contributed by atoms with Gasteiger partial charge in [-0.05, 0) is 49.7 Å². The largest absolute Gasteiger partial charge is 0.453 e. The van der Waals surface area contributed by atoms with Gasteiger partial charge in [0.05, 0.1) is 36.1 Å². The van der Waals surface area contributed by atoms with Crippen LogP contribution in [0.25, 0.3) is 10.4 Å². The Balaban J connectivity index is 1.95. The second kappa shape index (κ2) is 9.51. The SMILES string of the molecule is COC(=O)NCc1cccc(Nc2sc(-c3c(F)cc(C(C)(C)O)cc3F)cc2C(N)=O)n1. The van der Waals surface area contributed by atoms with E-state index in [1.54, 1.807) is 18.2 Å². The Morgan fingerprint density at radius 2 is 1.88 bits per heavy atom. The summed E-state index contributed by atoms with van der Waals surface area (Å²) in [6, 6.07) is 8.36. The zero-order chi connectivity index (χ0) is 24.3. The Kier molecular flexibility index (Phi) is 6.94. The van der Waals surface area contributed by atoms with Crippen molar-refractivity contribution in [2.45, 2.75) is 26.0 Å². The molecule has 0 atom stereocenters. The highest BCUT2D eigenvalue weighted by Gasteiger charge is 2.24. The van der Waals surface area contributed by atoms with E-state index in [0.29, 0.717) is 11.5 Å². The van der Waals surface area contributed by atoms with Gasteiger partial charge in [0.2, 0.25) is 0 Å². The number of amides is 2.